The summed E-state index contributed by atoms with van der Waals surface area (Å²) >= 11 is 3.57. The average Bonchev–Trinajstić information content (AvgIpc) is 3.59. The van der Waals surface area contributed by atoms with Crippen LogP contribution >= 0.6 is 15.9 Å². The van der Waals surface area contributed by atoms with Crippen LogP contribution in [0.2, 0.25) is 0 Å². The molecule has 1 fully saturated rings. The zero-order chi connectivity index (χ0) is 22.0. The lowest BCUT2D eigenvalue weighted by Crippen LogP contribution is -2.50. The highest BCUT2D eigenvalue weighted by molar-refractivity contribution is 9.10. The van der Waals surface area contributed by atoms with Crippen LogP contribution in [-0.4, -0.2) is 36.4 Å². The van der Waals surface area contributed by atoms with E-state index in [1.807, 2.05) is 36.4 Å². The fraction of sp³-hybridized carbons (Fsp3) is 0.333. The van der Waals surface area contributed by atoms with Crippen LogP contribution in [0.4, 0.5) is 0 Å². The summed E-state index contributed by atoms with van der Waals surface area (Å²) in [6.07, 6.45) is 5.35. The number of hydrogen-bond acceptors (Lipinski definition) is 6. The predicted octanol–water partition coefficient (Wildman–Crippen LogP) is 4.61. The number of furan rings is 2. The number of benzene rings is 1. The molecule has 1 aromatic carbocycles. The molecule has 1 saturated heterocycles. The van der Waals surface area contributed by atoms with E-state index in [-0.39, 0.29) is 24.0 Å². The van der Waals surface area contributed by atoms with E-state index in [1.54, 1.807) is 12.5 Å². The minimum Gasteiger partial charge on any atom is -0.467 e. The van der Waals surface area contributed by atoms with Crippen LogP contribution in [0, 0.1) is 0 Å². The molecule has 3 aromatic rings. The molecule has 166 valence electrons. The highest BCUT2D eigenvalue weighted by atomic mass is 79.9. The second-order valence-corrected chi connectivity index (χ2v) is 8.97. The first-order valence-electron chi connectivity index (χ1n) is 10.7. The van der Waals surface area contributed by atoms with Gasteiger partial charge in [0.05, 0.1) is 19.1 Å². The van der Waals surface area contributed by atoms with Gasteiger partial charge in [-0.25, -0.2) is 5.01 Å². The summed E-state index contributed by atoms with van der Waals surface area (Å²) in [7, 11) is 0. The van der Waals surface area contributed by atoms with Crippen molar-refractivity contribution < 1.29 is 18.4 Å². The maximum absolute atomic E-state index is 13.4. The Hall–Kier alpha value is -2.68. The van der Waals surface area contributed by atoms with E-state index in [2.05, 4.69) is 38.5 Å². The van der Waals surface area contributed by atoms with Gasteiger partial charge in [-0.2, -0.15) is 5.10 Å². The minimum atomic E-state index is -0.328. The predicted molar refractivity (Wildman–Crippen MR) is 122 cm³/mol. The monoisotopic (exact) mass is 497 g/mol. The molecule has 1 amide bonds. The molecule has 2 aliphatic rings. The van der Waals surface area contributed by atoms with Gasteiger partial charge in [0, 0.05) is 29.6 Å². The Bertz CT molecular complexity index is 1090. The molecule has 8 heteroatoms. The first-order chi connectivity index (χ1) is 15.6. The normalized spacial score (nSPS) is 20.3. The number of carbonyl (C=O) groups excluding carboxylic acids is 1. The third-order valence-corrected chi connectivity index (χ3v) is 6.64. The number of halogens is 1. The Morgan fingerprint density at radius 1 is 1.12 bits per heavy atom. The van der Waals surface area contributed by atoms with Crippen molar-refractivity contribution in [2.24, 2.45) is 5.10 Å². The van der Waals surface area contributed by atoms with Gasteiger partial charge in [-0.3, -0.25) is 10.1 Å². The largest absolute Gasteiger partial charge is 0.467 e. The molecule has 0 bridgehead atoms. The lowest BCUT2D eigenvalue weighted by Gasteiger charge is -2.39. The zero-order valence-corrected chi connectivity index (χ0v) is 19.1. The first-order valence-corrected chi connectivity index (χ1v) is 11.5. The van der Waals surface area contributed by atoms with E-state index in [9.17, 15) is 4.79 Å². The molecule has 5 rings (SSSR count). The van der Waals surface area contributed by atoms with Crippen LogP contribution in [0.15, 0.2) is 79.5 Å². The van der Waals surface area contributed by atoms with Crippen molar-refractivity contribution in [2.45, 2.75) is 30.8 Å². The number of amides is 1. The fourth-order valence-corrected chi connectivity index (χ4v) is 4.83. The molecule has 0 spiro atoms. The summed E-state index contributed by atoms with van der Waals surface area (Å²) in [5.41, 5.74) is 1.55. The Morgan fingerprint density at radius 2 is 1.94 bits per heavy atom. The molecular weight excluding hydrogens is 474 g/mol. The molecule has 1 unspecified atom stereocenters. The molecule has 32 heavy (non-hydrogen) atoms. The van der Waals surface area contributed by atoms with Crippen molar-refractivity contribution in [1.82, 2.24) is 10.3 Å². The van der Waals surface area contributed by atoms with E-state index in [1.165, 1.54) is 5.01 Å². The van der Waals surface area contributed by atoms with Crippen LogP contribution in [0.25, 0.3) is 0 Å². The number of ether oxygens (including phenoxy) is 1. The highest BCUT2D eigenvalue weighted by Crippen LogP contribution is 2.35. The van der Waals surface area contributed by atoms with Crippen molar-refractivity contribution in [2.75, 3.05) is 19.8 Å². The Morgan fingerprint density at radius 3 is 2.66 bits per heavy atom. The molecule has 0 saturated carbocycles. The Kier molecular flexibility index (Phi) is 5.99. The summed E-state index contributed by atoms with van der Waals surface area (Å²) in [4.78, 5) is 13.4. The van der Waals surface area contributed by atoms with Crippen LogP contribution in [-0.2, 0) is 15.1 Å². The number of nitrogens with zero attached hydrogens (tertiary/aromatic N) is 2. The van der Waals surface area contributed by atoms with Crippen LogP contribution in [0.1, 0.15) is 42.4 Å². The molecule has 2 aromatic heterocycles. The van der Waals surface area contributed by atoms with E-state index in [4.69, 9.17) is 13.6 Å². The lowest BCUT2D eigenvalue weighted by molar-refractivity contribution is -0.133. The molecule has 1 atom stereocenters. The summed E-state index contributed by atoms with van der Waals surface area (Å²) in [6.45, 7) is 1.44. The highest BCUT2D eigenvalue weighted by Gasteiger charge is 2.38. The number of hydrazone groups is 1. The van der Waals surface area contributed by atoms with Gasteiger partial charge in [0.2, 0.25) is 0 Å². The van der Waals surface area contributed by atoms with Crippen LogP contribution in [0.3, 0.4) is 0 Å². The van der Waals surface area contributed by atoms with Gasteiger partial charge in [0.15, 0.2) is 0 Å². The number of hydrogen-bond donors (Lipinski definition) is 1. The topological polar surface area (TPSA) is 80.2 Å². The maximum atomic E-state index is 13.4. The van der Waals surface area contributed by atoms with E-state index in [0.29, 0.717) is 31.2 Å². The van der Waals surface area contributed by atoms with E-state index in [0.717, 1.165) is 28.6 Å². The van der Waals surface area contributed by atoms with Gasteiger partial charge in [-0.1, -0.05) is 28.1 Å². The van der Waals surface area contributed by atoms with Crippen molar-refractivity contribution in [1.29, 1.82) is 0 Å². The summed E-state index contributed by atoms with van der Waals surface area (Å²) in [5, 5.41) is 9.70. The first kappa shape index (κ1) is 21.2. The molecule has 2 aliphatic heterocycles. The second-order valence-electron chi connectivity index (χ2n) is 8.06. The standard InChI is InChI=1S/C24H24BrN3O4/c25-18-5-1-4-17(14-18)24(8-12-30-13-9-24)26-16-23(29)28-20(22-7-3-11-32-22)15-19(27-28)21-6-2-10-31-21/h1-7,10-11,14,20,26H,8-9,12-13,15-16H2. The minimum absolute atomic E-state index is 0.117. The Balaban J connectivity index is 1.38. The summed E-state index contributed by atoms with van der Waals surface area (Å²) in [6, 6.07) is 15.3. The molecule has 0 aliphatic carbocycles. The fourth-order valence-electron chi connectivity index (χ4n) is 4.43. The van der Waals surface area contributed by atoms with Crippen molar-refractivity contribution in [3.8, 4) is 0 Å². The quantitative estimate of drug-likeness (QED) is 0.537. The number of nitrogens with one attached hydrogen (secondary N) is 1. The van der Waals surface area contributed by atoms with Crippen LogP contribution < -0.4 is 5.32 Å². The van der Waals surface area contributed by atoms with Gasteiger partial charge in [0.1, 0.15) is 23.3 Å². The van der Waals surface area contributed by atoms with E-state index >= 15 is 0 Å². The van der Waals surface area contributed by atoms with Gasteiger partial charge in [-0.05, 0) is 54.8 Å². The smallest absolute Gasteiger partial charge is 0.257 e. The van der Waals surface area contributed by atoms with Crippen molar-refractivity contribution in [3.63, 3.8) is 0 Å². The molecule has 7 nitrogen and oxygen atoms in total. The average molecular weight is 498 g/mol. The maximum Gasteiger partial charge on any atom is 0.257 e. The van der Waals surface area contributed by atoms with Crippen molar-refractivity contribution >= 4 is 27.5 Å². The van der Waals surface area contributed by atoms with Gasteiger partial charge >= 0.3 is 0 Å². The number of rotatable bonds is 6. The van der Waals surface area contributed by atoms with Crippen LogP contribution in [0.5, 0.6) is 0 Å². The van der Waals surface area contributed by atoms with E-state index < -0.39 is 0 Å². The Labute approximate surface area is 194 Å². The second kappa shape index (κ2) is 9.05. The van der Waals surface area contributed by atoms with Gasteiger partial charge in [-0.15, -0.1) is 0 Å². The third-order valence-electron chi connectivity index (χ3n) is 6.14. The van der Waals surface area contributed by atoms with Gasteiger partial charge < -0.3 is 13.6 Å². The van der Waals surface area contributed by atoms with Crippen molar-refractivity contribution in [3.05, 3.63) is 82.6 Å². The summed E-state index contributed by atoms with van der Waals surface area (Å²) < 4.78 is 17.8. The molecular formula is C24H24BrN3O4. The zero-order valence-electron chi connectivity index (χ0n) is 17.5. The molecule has 1 N–H and O–H groups in total. The third kappa shape index (κ3) is 4.18. The lowest BCUT2D eigenvalue weighted by atomic mass is 9.82. The SMILES string of the molecule is O=C(CNC1(c2cccc(Br)c2)CCOCC1)N1N=C(c2ccco2)CC1c1ccco1. The summed E-state index contributed by atoms with van der Waals surface area (Å²) in [5.74, 6) is 1.25. The molecule has 0 radical (unpaired) electrons. The molecule has 4 heterocycles. The van der Waals surface area contributed by atoms with Gasteiger partial charge in [0.25, 0.3) is 5.91 Å². The number of carbonyl (C=O) groups is 1.